The van der Waals surface area contributed by atoms with Crippen LogP contribution in [-0.2, 0) is 27.7 Å². The predicted octanol–water partition coefficient (Wildman–Crippen LogP) is 3.38. The molecule has 0 atom stereocenters. The standard InChI is InChI=1S/C23H28N2O5S/c1-29-21-11-9-19(15-22(21)31(27,28)25-12-3-2-4-13-25)24-23(26)16-30-20-10-8-17-6-5-7-18(17)14-20/h8-11,14-15H,2-7,12-13,16H2,1H3,(H,24,26). The van der Waals surface area contributed by atoms with E-state index >= 15 is 0 Å². The van der Waals surface area contributed by atoms with Crippen molar-refractivity contribution in [3.63, 3.8) is 0 Å². The smallest absolute Gasteiger partial charge is 0.262 e. The lowest BCUT2D eigenvalue weighted by Gasteiger charge is -2.26. The van der Waals surface area contributed by atoms with Gasteiger partial charge in [-0.2, -0.15) is 4.31 Å². The number of sulfonamides is 1. The Morgan fingerprint density at radius 2 is 1.77 bits per heavy atom. The Labute approximate surface area is 183 Å². The molecule has 2 aromatic carbocycles. The summed E-state index contributed by atoms with van der Waals surface area (Å²) in [4.78, 5) is 12.5. The molecule has 1 N–H and O–H groups in total. The fraction of sp³-hybridized carbons (Fsp3) is 0.435. The van der Waals surface area contributed by atoms with Gasteiger partial charge in [-0.1, -0.05) is 12.5 Å². The first kappa shape index (κ1) is 21.6. The molecule has 1 amide bonds. The molecule has 0 bridgehead atoms. The summed E-state index contributed by atoms with van der Waals surface area (Å²) in [7, 11) is -2.26. The van der Waals surface area contributed by atoms with E-state index in [0.29, 0.717) is 24.5 Å². The maximum atomic E-state index is 13.1. The molecule has 8 heteroatoms. The lowest BCUT2D eigenvalue weighted by atomic mass is 10.1. The van der Waals surface area contributed by atoms with E-state index in [2.05, 4.69) is 11.4 Å². The van der Waals surface area contributed by atoms with Gasteiger partial charge in [0.15, 0.2) is 6.61 Å². The number of aryl methyl sites for hydroxylation is 2. The molecule has 31 heavy (non-hydrogen) atoms. The van der Waals surface area contributed by atoms with Gasteiger partial charge >= 0.3 is 0 Å². The van der Waals surface area contributed by atoms with E-state index in [0.717, 1.165) is 38.5 Å². The van der Waals surface area contributed by atoms with E-state index in [4.69, 9.17) is 9.47 Å². The van der Waals surface area contributed by atoms with Crippen molar-refractivity contribution in [1.29, 1.82) is 0 Å². The maximum absolute atomic E-state index is 13.1. The quantitative estimate of drug-likeness (QED) is 0.708. The first-order valence-corrected chi connectivity index (χ1v) is 12.1. The van der Waals surface area contributed by atoms with Gasteiger partial charge in [-0.25, -0.2) is 8.42 Å². The molecule has 1 heterocycles. The molecule has 1 fully saturated rings. The van der Waals surface area contributed by atoms with Gasteiger partial charge in [0.1, 0.15) is 16.4 Å². The third kappa shape index (κ3) is 4.85. The number of fused-ring (bicyclic) bond motifs is 1. The van der Waals surface area contributed by atoms with Crippen LogP contribution in [-0.4, -0.2) is 45.4 Å². The maximum Gasteiger partial charge on any atom is 0.262 e. The van der Waals surface area contributed by atoms with Crippen LogP contribution < -0.4 is 14.8 Å². The minimum absolute atomic E-state index is 0.0641. The normalized spacial score (nSPS) is 16.5. The number of hydrogen-bond acceptors (Lipinski definition) is 5. The van der Waals surface area contributed by atoms with Gasteiger partial charge in [-0.3, -0.25) is 4.79 Å². The summed E-state index contributed by atoms with van der Waals surface area (Å²) in [6.07, 6.45) is 6.01. The fourth-order valence-corrected chi connectivity index (χ4v) is 5.88. The Bertz CT molecular complexity index is 1060. The summed E-state index contributed by atoms with van der Waals surface area (Å²) >= 11 is 0. The van der Waals surface area contributed by atoms with Crippen molar-refractivity contribution in [2.24, 2.45) is 0 Å². The first-order valence-electron chi connectivity index (χ1n) is 10.7. The summed E-state index contributed by atoms with van der Waals surface area (Å²) in [5, 5.41) is 2.73. The number of benzene rings is 2. The highest BCUT2D eigenvalue weighted by atomic mass is 32.2. The average Bonchev–Trinajstić information content (AvgIpc) is 3.26. The zero-order valence-electron chi connectivity index (χ0n) is 17.7. The molecular formula is C23H28N2O5S. The van der Waals surface area contributed by atoms with Crippen molar-refractivity contribution >= 4 is 21.6 Å². The van der Waals surface area contributed by atoms with Crippen molar-refractivity contribution in [2.45, 2.75) is 43.4 Å². The number of rotatable bonds is 7. The molecule has 2 aromatic rings. The first-order chi connectivity index (χ1) is 15.0. The second kappa shape index (κ2) is 9.28. The number of anilines is 1. The van der Waals surface area contributed by atoms with Crippen LogP contribution in [0.2, 0.25) is 0 Å². The lowest BCUT2D eigenvalue weighted by Crippen LogP contribution is -2.35. The van der Waals surface area contributed by atoms with Gasteiger partial charge in [-0.15, -0.1) is 0 Å². The van der Waals surface area contributed by atoms with Gasteiger partial charge in [0.25, 0.3) is 5.91 Å². The lowest BCUT2D eigenvalue weighted by molar-refractivity contribution is -0.118. The second-order valence-electron chi connectivity index (χ2n) is 7.95. The number of hydrogen-bond donors (Lipinski definition) is 1. The number of nitrogens with zero attached hydrogens (tertiary/aromatic N) is 1. The van der Waals surface area contributed by atoms with Crippen molar-refractivity contribution in [3.8, 4) is 11.5 Å². The zero-order chi connectivity index (χ0) is 21.8. The molecule has 0 spiro atoms. The second-order valence-corrected chi connectivity index (χ2v) is 9.86. The number of ether oxygens (including phenoxy) is 2. The molecule has 0 aromatic heterocycles. The van der Waals surface area contributed by atoms with Gasteiger partial charge in [-0.05, 0) is 73.6 Å². The van der Waals surface area contributed by atoms with E-state index in [-0.39, 0.29) is 23.2 Å². The highest BCUT2D eigenvalue weighted by Crippen LogP contribution is 2.31. The largest absolute Gasteiger partial charge is 0.495 e. The molecular weight excluding hydrogens is 416 g/mol. The fourth-order valence-electron chi connectivity index (χ4n) is 4.18. The van der Waals surface area contributed by atoms with Crippen LogP contribution in [0.4, 0.5) is 5.69 Å². The van der Waals surface area contributed by atoms with Crippen molar-refractivity contribution < 1.29 is 22.7 Å². The summed E-state index contributed by atoms with van der Waals surface area (Å²) in [6.45, 7) is 0.840. The van der Waals surface area contributed by atoms with Crippen LogP contribution in [0.25, 0.3) is 0 Å². The van der Waals surface area contributed by atoms with Gasteiger partial charge in [0.05, 0.1) is 7.11 Å². The van der Waals surface area contributed by atoms with Crippen LogP contribution in [0.3, 0.4) is 0 Å². The number of piperidine rings is 1. The third-order valence-electron chi connectivity index (χ3n) is 5.82. The van der Waals surface area contributed by atoms with Gasteiger partial charge in [0, 0.05) is 18.8 Å². The monoisotopic (exact) mass is 444 g/mol. The third-order valence-corrected chi connectivity index (χ3v) is 7.74. The van der Waals surface area contributed by atoms with Crippen LogP contribution in [0.5, 0.6) is 11.5 Å². The van der Waals surface area contributed by atoms with Crippen molar-refractivity contribution in [2.75, 3.05) is 32.1 Å². The topological polar surface area (TPSA) is 84.9 Å². The van der Waals surface area contributed by atoms with E-state index in [1.54, 1.807) is 12.1 Å². The minimum atomic E-state index is -3.70. The molecule has 166 valence electrons. The number of methoxy groups -OCH3 is 1. The van der Waals surface area contributed by atoms with Gasteiger partial charge in [0.2, 0.25) is 10.0 Å². The van der Waals surface area contributed by atoms with Crippen molar-refractivity contribution in [1.82, 2.24) is 4.31 Å². The van der Waals surface area contributed by atoms with E-state index in [1.807, 2.05) is 12.1 Å². The Balaban J connectivity index is 1.44. The van der Waals surface area contributed by atoms with Crippen LogP contribution in [0, 0.1) is 0 Å². The molecule has 0 radical (unpaired) electrons. The SMILES string of the molecule is COc1ccc(NC(=O)COc2ccc3c(c2)CCC3)cc1S(=O)(=O)N1CCCCC1. The van der Waals surface area contributed by atoms with E-state index < -0.39 is 10.0 Å². The number of carbonyl (C=O) groups excluding carboxylic acids is 1. The molecule has 2 aliphatic rings. The van der Waals surface area contributed by atoms with E-state index in [9.17, 15) is 13.2 Å². The summed E-state index contributed by atoms with van der Waals surface area (Å²) < 4.78 is 38.6. The van der Waals surface area contributed by atoms with Gasteiger partial charge < -0.3 is 14.8 Å². The molecule has 1 aliphatic heterocycles. The molecule has 0 saturated carbocycles. The molecule has 1 saturated heterocycles. The van der Waals surface area contributed by atoms with Crippen molar-refractivity contribution in [3.05, 3.63) is 47.5 Å². The molecule has 4 rings (SSSR count). The highest BCUT2D eigenvalue weighted by Gasteiger charge is 2.29. The molecule has 0 unspecified atom stereocenters. The van der Waals surface area contributed by atoms with Crippen LogP contribution in [0.1, 0.15) is 36.8 Å². The Kier molecular flexibility index (Phi) is 6.48. The average molecular weight is 445 g/mol. The number of amides is 1. The summed E-state index contributed by atoms with van der Waals surface area (Å²) in [5.41, 5.74) is 3.01. The highest BCUT2D eigenvalue weighted by molar-refractivity contribution is 7.89. The van der Waals surface area contributed by atoms with E-state index in [1.165, 1.54) is 28.6 Å². The molecule has 1 aliphatic carbocycles. The van der Waals surface area contributed by atoms with Crippen LogP contribution in [0.15, 0.2) is 41.3 Å². The minimum Gasteiger partial charge on any atom is -0.495 e. The summed E-state index contributed by atoms with van der Waals surface area (Å²) in [6, 6.07) is 10.6. The zero-order valence-corrected chi connectivity index (χ0v) is 18.5. The predicted molar refractivity (Wildman–Crippen MR) is 118 cm³/mol. The summed E-state index contributed by atoms with van der Waals surface area (Å²) in [5.74, 6) is 0.573. The van der Waals surface area contributed by atoms with Crippen LogP contribution >= 0.6 is 0 Å². The number of nitrogens with one attached hydrogen (secondary N) is 1. The Morgan fingerprint density at radius 3 is 2.55 bits per heavy atom. The number of carbonyl (C=O) groups is 1. The molecule has 7 nitrogen and oxygen atoms in total. The Hall–Kier alpha value is -2.58. The Morgan fingerprint density at radius 1 is 1.00 bits per heavy atom.